The van der Waals surface area contributed by atoms with Crippen LogP contribution in [0.5, 0.6) is 0 Å². The Morgan fingerprint density at radius 1 is 1.32 bits per heavy atom. The van der Waals surface area contributed by atoms with Crippen molar-refractivity contribution in [3.63, 3.8) is 0 Å². The maximum absolute atomic E-state index is 11.9. The van der Waals surface area contributed by atoms with Crippen molar-refractivity contribution in [1.82, 2.24) is 10.2 Å². The summed E-state index contributed by atoms with van der Waals surface area (Å²) in [4.78, 5) is 46.9. The van der Waals surface area contributed by atoms with E-state index >= 15 is 0 Å². The molecule has 10 heteroatoms. The highest BCUT2D eigenvalue weighted by Gasteiger charge is 2.29. The summed E-state index contributed by atoms with van der Waals surface area (Å²) in [5.41, 5.74) is 5.71. The number of cyclic esters (lactones) is 1. The number of carbonyl (C=O) groups is 4. The molecule has 1 aliphatic rings. The molecule has 4 amide bonds. The molecule has 0 saturated carbocycles. The van der Waals surface area contributed by atoms with E-state index in [1.54, 1.807) is 24.3 Å². The molecule has 1 saturated heterocycles. The number of amides is 4. The summed E-state index contributed by atoms with van der Waals surface area (Å²) in [5.74, 6) is -1.42. The first-order valence-electron chi connectivity index (χ1n) is 7.31. The van der Waals surface area contributed by atoms with Crippen LogP contribution in [0, 0.1) is 0 Å². The van der Waals surface area contributed by atoms with Gasteiger partial charge in [-0.15, -0.1) is 0 Å². The van der Waals surface area contributed by atoms with Gasteiger partial charge in [-0.05, 0) is 17.7 Å². The van der Waals surface area contributed by atoms with Gasteiger partial charge < -0.3 is 20.5 Å². The van der Waals surface area contributed by atoms with Gasteiger partial charge in [-0.1, -0.05) is 23.7 Å². The molecule has 3 N–H and O–H groups in total. The zero-order valence-corrected chi connectivity index (χ0v) is 13.8. The van der Waals surface area contributed by atoms with Gasteiger partial charge in [0.1, 0.15) is 6.61 Å². The number of nitrogens with one attached hydrogen (secondary N) is 1. The van der Waals surface area contributed by atoms with E-state index in [1.165, 1.54) is 0 Å². The molecule has 2 rings (SSSR count). The van der Waals surface area contributed by atoms with Gasteiger partial charge in [0, 0.05) is 5.02 Å². The number of primary amides is 1. The fourth-order valence-electron chi connectivity index (χ4n) is 2.18. The molecule has 1 aromatic rings. The normalized spacial score (nSPS) is 14.6. The molecule has 9 nitrogen and oxygen atoms in total. The molecule has 1 heterocycles. The number of esters is 1. The van der Waals surface area contributed by atoms with Crippen LogP contribution in [0.3, 0.4) is 0 Å². The van der Waals surface area contributed by atoms with Gasteiger partial charge >= 0.3 is 18.1 Å². The van der Waals surface area contributed by atoms with Gasteiger partial charge in [0.25, 0.3) is 5.91 Å². The Morgan fingerprint density at radius 2 is 2.00 bits per heavy atom. The predicted molar refractivity (Wildman–Crippen MR) is 85.5 cm³/mol. The number of hydrogen-bond donors (Lipinski definition) is 2. The lowest BCUT2D eigenvalue weighted by atomic mass is 10.0. The van der Waals surface area contributed by atoms with Crippen molar-refractivity contribution < 1.29 is 28.7 Å². The zero-order chi connectivity index (χ0) is 18.4. The second-order valence-corrected chi connectivity index (χ2v) is 5.57. The number of urea groups is 1. The SMILES string of the molecule is NC(=O)N[C@H](CC(=O)OCC(=O)N1CCOC1=O)c1ccc(Cl)cc1. The van der Waals surface area contributed by atoms with E-state index in [0.29, 0.717) is 10.6 Å². The number of halogens is 1. The highest BCUT2D eigenvalue weighted by molar-refractivity contribution is 6.30. The van der Waals surface area contributed by atoms with Crippen molar-refractivity contribution in [3.05, 3.63) is 34.9 Å². The number of carbonyl (C=O) groups excluding carboxylic acids is 4. The fraction of sp³-hybridized carbons (Fsp3) is 0.333. The summed E-state index contributed by atoms with van der Waals surface area (Å²) in [6, 6.07) is 4.89. The van der Waals surface area contributed by atoms with Gasteiger partial charge in [0.15, 0.2) is 6.61 Å². The third-order valence-electron chi connectivity index (χ3n) is 3.38. The van der Waals surface area contributed by atoms with E-state index in [9.17, 15) is 19.2 Å². The number of nitrogens with zero attached hydrogens (tertiary/aromatic N) is 1. The van der Waals surface area contributed by atoms with E-state index in [0.717, 1.165) is 4.90 Å². The number of imide groups is 1. The Bertz CT molecular complexity index is 678. The molecule has 1 aromatic carbocycles. The standard InChI is InChI=1S/C15H16ClN3O6/c16-10-3-1-9(2-4-10)11(18-14(17)22)7-13(21)25-8-12(20)19-5-6-24-15(19)23/h1-4,11H,5-8H2,(H3,17,18,22)/t11-/m1/s1. The van der Waals surface area contributed by atoms with Crippen LogP contribution >= 0.6 is 11.6 Å². The lowest BCUT2D eigenvalue weighted by Crippen LogP contribution is -2.37. The van der Waals surface area contributed by atoms with Gasteiger partial charge in [-0.25, -0.2) is 14.5 Å². The van der Waals surface area contributed by atoms with Gasteiger partial charge in [-0.2, -0.15) is 0 Å². The van der Waals surface area contributed by atoms with Crippen LogP contribution in [0.15, 0.2) is 24.3 Å². The highest BCUT2D eigenvalue weighted by atomic mass is 35.5. The summed E-state index contributed by atoms with van der Waals surface area (Å²) >= 11 is 5.80. The number of rotatable bonds is 6. The molecule has 134 valence electrons. The molecular formula is C15H16ClN3O6. The summed E-state index contributed by atoms with van der Waals surface area (Å²) in [6.07, 6.45) is -1.02. The minimum absolute atomic E-state index is 0.111. The molecule has 0 bridgehead atoms. The molecule has 0 spiro atoms. The number of benzene rings is 1. The average Bonchev–Trinajstić information content (AvgIpc) is 2.98. The highest BCUT2D eigenvalue weighted by Crippen LogP contribution is 2.20. The molecule has 1 aliphatic heterocycles. The molecule has 0 aromatic heterocycles. The Hall–Kier alpha value is -2.81. The molecule has 25 heavy (non-hydrogen) atoms. The lowest BCUT2D eigenvalue weighted by Gasteiger charge is -2.17. The lowest BCUT2D eigenvalue weighted by molar-refractivity contribution is -0.151. The maximum Gasteiger partial charge on any atom is 0.416 e. The van der Waals surface area contributed by atoms with E-state index in [-0.39, 0.29) is 19.6 Å². The minimum Gasteiger partial charge on any atom is -0.455 e. The largest absolute Gasteiger partial charge is 0.455 e. The Morgan fingerprint density at radius 3 is 2.56 bits per heavy atom. The Labute approximate surface area is 148 Å². The van der Waals surface area contributed by atoms with Crippen molar-refractivity contribution in [2.75, 3.05) is 19.8 Å². The van der Waals surface area contributed by atoms with Gasteiger partial charge in [-0.3, -0.25) is 9.59 Å². The quantitative estimate of drug-likeness (QED) is 0.719. The summed E-state index contributed by atoms with van der Waals surface area (Å²) in [6.45, 7) is -0.372. The fourth-order valence-corrected chi connectivity index (χ4v) is 2.31. The van der Waals surface area contributed by atoms with Crippen molar-refractivity contribution in [2.24, 2.45) is 5.73 Å². The number of nitrogens with two attached hydrogens (primary N) is 1. The van der Waals surface area contributed by atoms with Crippen molar-refractivity contribution >= 4 is 35.6 Å². The van der Waals surface area contributed by atoms with Crippen LogP contribution in [0.25, 0.3) is 0 Å². The average molecular weight is 370 g/mol. The number of hydrogen-bond acceptors (Lipinski definition) is 6. The maximum atomic E-state index is 11.9. The van der Waals surface area contributed by atoms with Crippen LogP contribution in [0.2, 0.25) is 5.02 Å². The van der Waals surface area contributed by atoms with Crippen molar-refractivity contribution in [2.45, 2.75) is 12.5 Å². The molecule has 0 unspecified atom stereocenters. The first-order valence-corrected chi connectivity index (χ1v) is 7.69. The summed E-state index contributed by atoms with van der Waals surface area (Å²) in [5, 5.41) is 2.91. The molecule has 1 atom stereocenters. The van der Waals surface area contributed by atoms with Gasteiger partial charge in [0.2, 0.25) is 0 Å². The van der Waals surface area contributed by atoms with E-state index in [2.05, 4.69) is 10.1 Å². The third-order valence-corrected chi connectivity index (χ3v) is 3.63. The monoisotopic (exact) mass is 369 g/mol. The second-order valence-electron chi connectivity index (χ2n) is 5.14. The van der Waals surface area contributed by atoms with Gasteiger partial charge in [0.05, 0.1) is 19.0 Å². The van der Waals surface area contributed by atoms with Crippen molar-refractivity contribution in [3.8, 4) is 0 Å². The topological polar surface area (TPSA) is 128 Å². The summed E-state index contributed by atoms with van der Waals surface area (Å²) < 4.78 is 9.49. The zero-order valence-electron chi connectivity index (χ0n) is 13.1. The Kier molecular flexibility index (Phi) is 6.18. The van der Waals surface area contributed by atoms with E-state index < -0.39 is 36.6 Å². The summed E-state index contributed by atoms with van der Waals surface area (Å²) in [7, 11) is 0. The predicted octanol–water partition coefficient (Wildman–Crippen LogP) is 0.961. The second kappa shape index (κ2) is 8.34. The first kappa shape index (κ1) is 18.5. The third kappa shape index (κ3) is 5.35. The van der Waals surface area contributed by atoms with Crippen molar-refractivity contribution in [1.29, 1.82) is 0 Å². The molecule has 0 radical (unpaired) electrons. The van der Waals surface area contributed by atoms with E-state index in [1.807, 2.05) is 0 Å². The van der Waals surface area contributed by atoms with E-state index in [4.69, 9.17) is 22.1 Å². The van der Waals surface area contributed by atoms with Crippen LogP contribution in [-0.2, 0) is 19.1 Å². The smallest absolute Gasteiger partial charge is 0.416 e. The van der Waals surface area contributed by atoms with Crippen LogP contribution in [0.4, 0.5) is 9.59 Å². The van der Waals surface area contributed by atoms with Crippen LogP contribution < -0.4 is 11.1 Å². The first-order chi connectivity index (χ1) is 11.9. The van der Waals surface area contributed by atoms with Crippen LogP contribution in [0.1, 0.15) is 18.0 Å². The number of ether oxygens (including phenoxy) is 2. The van der Waals surface area contributed by atoms with Crippen LogP contribution in [-0.4, -0.2) is 48.7 Å². The molecule has 0 aliphatic carbocycles. The molecular weight excluding hydrogens is 354 g/mol. The minimum atomic E-state index is -0.816. The molecule has 1 fully saturated rings. The Balaban J connectivity index is 1.92.